The average molecular weight is 258 g/mol. The van der Waals surface area contributed by atoms with E-state index in [1.54, 1.807) is 0 Å². The molecule has 1 aliphatic carbocycles. The summed E-state index contributed by atoms with van der Waals surface area (Å²) in [5, 5.41) is 6.44. The lowest BCUT2D eigenvalue weighted by atomic mass is 9.96. The zero-order chi connectivity index (χ0) is 14.2. The van der Waals surface area contributed by atoms with Crippen LogP contribution in [0.25, 0.3) is 0 Å². The fourth-order valence-electron chi connectivity index (χ4n) is 1.99. The molecule has 18 heavy (non-hydrogen) atoms. The summed E-state index contributed by atoms with van der Waals surface area (Å²) in [5.41, 5.74) is 0. The van der Waals surface area contributed by atoms with Gasteiger partial charge in [0.05, 0.1) is 0 Å². The lowest BCUT2D eigenvalue weighted by Crippen LogP contribution is -2.26. The second kappa shape index (κ2) is 16.9. The normalized spacial score (nSPS) is 17.0. The topological polar surface area (TPSA) is 24.1 Å². The average Bonchev–Trinajstić information content (AvgIpc) is 2.48. The first-order valence-corrected chi connectivity index (χ1v) is 8.06. The molecule has 0 aromatic heterocycles. The fraction of sp³-hybridized carbons (Fsp3) is 1.00. The molecular weight excluding hydrogens is 220 g/mol. The van der Waals surface area contributed by atoms with Gasteiger partial charge < -0.3 is 10.6 Å². The molecule has 2 heteroatoms. The molecular formula is C16H38N2. The molecule has 112 valence electrons. The van der Waals surface area contributed by atoms with Crippen molar-refractivity contribution in [3.05, 3.63) is 0 Å². The van der Waals surface area contributed by atoms with Crippen LogP contribution in [0.4, 0.5) is 0 Å². The van der Waals surface area contributed by atoms with Crippen LogP contribution >= 0.6 is 0 Å². The van der Waals surface area contributed by atoms with E-state index >= 15 is 0 Å². The second-order valence-corrected chi connectivity index (χ2v) is 5.03. The van der Waals surface area contributed by atoms with E-state index in [1.165, 1.54) is 44.9 Å². The Morgan fingerprint density at radius 1 is 1.06 bits per heavy atom. The van der Waals surface area contributed by atoms with Gasteiger partial charge in [-0.1, -0.05) is 53.4 Å². The van der Waals surface area contributed by atoms with Gasteiger partial charge in [0, 0.05) is 6.04 Å². The third-order valence-corrected chi connectivity index (χ3v) is 3.60. The van der Waals surface area contributed by atoms with E-state index in [2.05, 4.69) is 31.5 Å². The Bertz CT molecular complexity index is 131. The summed E-state index contributed by atoms with van der Waals surface area (Å²) in [5.74, 6) is 0.891. The van der Waals surface area contributed by atoms with Gasteiger partial charge in [0.25, 0.3) is 0 Å². The van der Waals surface area contributed by atoms with Crippen molar-refractivity contribution in [3.63, 3.8) is 0 Å². The standard InChI is InChI=1S/C7H15N.C7H17N.C2H6/c1-8-7-5-3-2-4-6-7;1-4-7(2)5-6-8-3;1-2/h7-8H,2-6H2,1H3;7-8H,4-6H2,1-3H3;1-2H3. The van der Waals surface area contributed by atoms with Crippen molar-refractivity contribution in [2.24, 2.45) is 5.92 Å². The lowest BCUT2D eigenvalue weighted by Gasteiger charge is -2.20. The van der Waals surface area contributed by atoms with E-state index in [0.29, 0.717) is 0 Å². The van der Waals surface area contributed by atoms with Gasteiger partial charge in [-0.15, -0.1) is 0 Å². The van der Waals surface area contributed by atoms with Crippen LogP contribution in [0.15, 0.2) is 0 Å². The first-order chi connectivity index (χ1) is 8.74. The first kappa shape index (κ1) is 20.2. The van der Waals surface area contributed by atoms with Crippen molar-refractivity contribution < 1.29 is 0 Å². The maximum Gasteiger partial charge on any atom is 0.00640 e. The van der Waals surface area contributed by atoms with E-state index in [1.807, 2.05) is 20.9 Å². The molecule has 1 fully saturated rings. The Hall–Kier alpha value is -0.0800. The highest BCUT2D eigenvalue weighted by Gasteiger charge is 2.09. The molecule has 0 heterocycles. The monoisotopic (exact) mass is 258 g/mol. The van der Waals surface area contributed by atoms with E-state index in [-0.39, 0.29) is 0 Å². The summed E-state index contributed by atoms with van der Waals surface area (Å²) in [4.78, 5) is 0. The maximum atomic E-state index is 3.30. The van der Waals surface area contributed by atoms with Crippen molar-refractivity contribution in [3.8, 4) is 0 Å². The minimum atomic E-state index is 0.837. The molecule has 0 aromatic carbocycles. The minimum absolute atomic E-state index is 0.837. The number of rotatable bonds is 5. The molecule has 1 aliphatic rings. The van der Waals surface area contributed by atoms with Crippen molar-refractivity contribution in [1.29, 1.82) is 0 Å². The van der Waals surface area contributed by atoms with Crippen molar-refractivity contribution in [1.82, 2.24) is 10.6 Å². The highest BCUT2D eigenvalue weighted by molar-refractivity contribution is 4.68. The van der Waals surface area contributed by atoms with Crippen LogP contribution in [-0.2, 0) is 0 Å². The number of nitrogens with one attached hydrogen (secondary N) is 2. The van der Waals surface area contributed by atoms with Gasteiger partial charge in [0.2, 0.25) is 0 Å². The quantitative estimate of drug-likeness (QED) is 0.772. The number of hydrogen-bond donors (Lipinski definition) is 2. The predicted octanol–water partition coefficient (Wildman–Crippen LogP) is 4.21. The molecule has 2 N–H and O–H groups in total. The molecule has 0 spiro atoms. The summed E-state index contributed by atoms with van der Waals surface area (Å²) < 4.78 is 0. The highest BCUT2D eigenvalue weighted by atomic mass is 14.9. The Labute approximate surface area is 116 Å². The minimum Gasteiger partial charge on any atom is -0.320 e. The van der Waals surface area contributed by atoms with Crippen LogP contribution in [-0.4, -0.2) is 26.7 Å². The zero-order valence-electron chi connectivity index (χ0n) is 13.8. The van der Waals surface area contributed by atoms with Crippen LogP contribution in [0.2, 0.25) is 0 Å². The summed E-state index contributed by atoms with van der Waals surface area (Å²) >= 11 is 0. The van der Waals surface area contributed by atoms with Crippen LogP contribution in [0, 0.1) is 5.92 Å². The summed E-state index contributed by atoms with van der Waals surface area (Å²) in [6, 6.07) is 0.837. The van der Waals surface area contributed by atoms with Crippen LogP contribution < -0.4 is 10.6 Å². The molecule has 1 unspecified atom stereocenters. The van der Waals surface area contributed by atoms with Crippen molar-refractivity contribution in [2.75, 3.05) is 20.6 Å². The molecule has 0 radical (unpaired) electrons. The first-order valence-electron chi connectivity index (χ1n) is 8.06. The van der Waals surface area contributed by atoms with Gasteiger partial charge in [0.1, 0.15) is 0 Å². The molecule has 1 atom stereocenters. The SMILES string of the molecule is CC.CCC(C)CCNC.CNC1CCCCC1. The zero-order valence-corrected chi connectivity index (χ0v) is 13.8. The number of hydrogen-bond acceptors (Lipinski definition) is 2. The third kappa shape index (κ3) is 14.0. The van der Waals surface area contributed by atoms with E-state index in [9.17, 15) is 0 Å². The molecule has 0 bridgehead atoms. The molecule has 1 saturated carbocycles. The van der Waals surface area contributed by atoms with E-state index in [0.717, 1.165) is 18.5 Å². The molecule has 0 aromatic rings. The molecule has 0 amide bonds. The largest absolute Gasteiger partial charge is 0.320 e. The lowest BCUT2D eigenvalue weighted by molar-refractivity contribution is 0.394. The third-order valence-electron chi connectivity index (χ3n) is 3.60. The Balaban J connectivity index is 0. The van der Waals surface area contributed by atoms with Gasteiger partial charge in [-0.25, -0.2) is 0 Å². The maximum absolute atomic E-state index is 3.30. The van der Waals surface area contributed by atoms with Gasteiger partial charge in [-0.2, -0.15) is 0 Å². The van der Waals surface area contributed by atoms with Crippen molar-refractivity contribution in [2.45, 2.75) is 78.7 Å². The van der Waals surface area contributed by atoms with Crippen LogP contribution in [0.1, 0.15) is 72.6 Å². The molecule has 0 saturated heterocycles. The second-order valence-electron chi connectivity index (χ2n) is 5.03. The Morgan fingerprint density at radius 2 is 1.61 bits per heavy atom. The summed E-state index contributed by atoms with van der Waals surface area (Å²) in [6.07, 6.45) is 9.75. The molecule has 2 nitrogen and oxygen atoms in total. The molecule has 0 aliphatic heterocycles. The van der Waals surface area contributed by atoms with Crippen LogP contribution in [0.5, 0.6) is 0 Å². The van der Waals surface area contributed by atoms with Gasteiger partial charge >= 0.3 is 0 Å². The Kier molecular flexibility index (Phi) is 19.0. The van der Waals surface area contributed by atoms with Gasteiger partial charge in [-0.3, -0.25) is 0 Å². The van der Waals surface area contributed by atoms with Crippen LogP contribution in [0.3, 0.4) is 0 Å². The molecule has 1 rings (SSSR count). The fourth-order valence-corrected chi connectivity index (χ4v) is 1.99. The Morgan fingerprint density at radius 3 is 1.94 bits per heavy atom. The highest BCUT2D eigenvalue weighted by Crippen LogP contribution is 2.16. The van der Waals surface area contributed by atoms with E-state index in [4.69, 9.17) is 0 Å². The van der Waals surface area contributed by atoms with Gasteiger partial charge in [0.15, 0.2) is 0 Å². The van der Waals surface area contributed by atoms with E-state index < -0.39 is 0 Å². The summed E-state index contributed by atoms with van der Waals surface area (Å²) in [6.45, 7) is 9.69. The smallest absolute Gasteiger partial charge is 0.00640 e. The van der Waals surface area contributed by atoms with Crippen molar-refractivity contribution >= 4 is 0 Å². The summed E-state index contributed by atoms with van der Waals surface area (Å²) in [7, 11) is 4.07. The van der Waals surface area contributed by atoms with Gasteiger partial charge in [-0.05, 0) is 45.8 Å². The predicted molar refractivity (Wildman–Crippen MR) is 85.3 cm³/mol.